The van der Waals surface area contributed by atoms with E-state index in [1.807, 2.05) is 0 Å². The fourth-order valence-corrected chi connectivity index (χ4v) is 2.21. The number of halogens is 1. The zero-order valence-corrected chi connectivity index (χ0v) is 10.7. The predicted octanol–water partition coefficient (Wildman–Crippen LogP) is 0.786. The highest BCUT2D eigenvalue weighted by atomic mass is 127. The molecule has 1 aliphatic heterocycles. The molecule has 15 heavy (non-hydrogen) atoms. The minimum Gasteiger partial charge on any atom is -0.325 e. The van der Waals surface area contributed by atoms with Gasteiger partial charge in [-0.1, -0.05) is 5.92 Å². The standard InChI is InChI=1S/C10H12IN3O/c1-2-3-10(15)14-7-6-13(11)8-9(14)4-5-12/h9H,4,6-8H2,1H3. The Labute approximate surface area is 104 Å². The number of hydrogen-bond donors (Lipinski definition) is 0. The fraction of sp³-hybridized carbons (Fsp3) is 0.600. The quantitative estimate of drug-likeness (QED) is 0.408. The SMILES string of the molecule is CC#CC(=O)N1CCN(I)CC1CC#N. The van der Waals surface area contributed by atoms with Crippen molar-refractivity contribution >= 4 is 28.8 Å². The van der Waals surface area contributed by atoms with Gasteiger partial charge in [-0.2, -0.15) is 5.26 Å². The molecule has 5 heteroatoms. The normalized spacial score (nSPS) is 21.4. The van der Waals surface area contributed by atoms with Crippen molar-refractivity contribution in [1.82, 2.24) is 8.01 Å². The van der Waals surface area contributed by atoms with Crippen LogP contribution < -0.4 is 0 Å². The number of amides is 1. The van der Waals surface area contributed by atoms with Gasteiger partial charge in [0.25, 0.3) is 5.91 Å². The topological polar surface area (TPSA) is 47.3 Å². The number of nitriles is 1. The smallest absolute Gasteiger partial charge is 0.298 e. The second-order valence-corrected chi connectivity index (χ2v) is 4.62. The van der Waals surface area contributed by atoms with Crippen LogP contribution >= 0.6 is 22.9 Å². The molecule has 1 amide bonds. The van der Waals surface area contributed by atoms with Gasteiger partial charge in [-0.15, -0.1) is 0 Å². The summed E-state index contributed by atoms with van der Waals surface area (Å²) >= 11 is 2.22. The summed E-state index contributed by atoms with van der Waals surface area (Å²) in [5, 5.41) is 8.69. The molecule has 0 aliphatic carbocycles. The van der Waals surface area contributed by atoms with E-state index in [9.17, 15) is 4.79 Å². The molecule has 0 bridgehead atoms. The van der Waals surface area contributed by atoms with Gasteiger partial charge in [0.05, 0.1) is 18.5 Å². The first-order valence-corrected chi connectivity index (χ1v) is 5.66. The van der Waals surface area contributed by atoms with E-state index in [0.29, 0.717) is 13.0 Å². The van der Waals surface area contributed by atoms with Crippen LogP contribution in [0.4, 0.5) is 0 Å². The maximum atomic E-state index is 11.6. The van der Waals surface area contributed by atoms with Crippen LogP contribution in [-0.4, -0.2) is 39.6 Å². The second-order valence-electron chi connectivity index (χ2n) is 3.26. The van der Waals surface area contributed by atoms with Gasteiger partial charge in [0.2, 0.25) is 0 Å². The molecule has 0 aromatic rings. The van der Waals surface area contributed by atoms with Crippen molar-refractivity contribution in [3.63, 3.8) is 0 Å². The summed E-state index contributed by atoms with van der Waals surface area (Å²) in [5.41, 5.74) is 0. The van der Waals surface area contributed by atoms with Crippen molar-refractivity contribution in [2.45, 2.75) is 19.4 Å². The lowest BCUT2D eigenvalue weighted by Crippen LogP contribution is -2.52. The summed E-state index contributed by atoms with van der Waals surface area (Å²) in [4.78, 5) is 13.3. The lowest BCUT2D eigenvalue weighted by atomic mass is 10.1. The monoisotopic (exact) mass is 317 g/mol. The third kappa shape index (κ3) is 3.37. The molecule has 4 nitrogen and oxygen atoms in total. The summed E-state index contributed by atoms with van der Waals surface area (Å²) in [6.45, 7) is 3.87. The van der Waals surface area contributed by atoms with E-state index in [2.05, 4.69) is 43.9 Å². The average molecular weight is 317 g/mol. The number of nitrogens with zero attached hydrogens (tertiary/aromatic N) is 3. The van der Waals surface area contributed by atoms with Gasteiger partial charge in [-0.25, -0.2) is 3.11 Å². The van der Waals surface area contributed by atoms with Crippen LogP contribution in [0, 0.1) is 23.2 Å². The van der Waals surface area contributed by atoms with Gasteiger partial charge in [0.15, 0.2) is 0 Å². The molecule has 80 valence electrons. The molecule has 1 fully saturated rings. The first kappa shape index (κ1) is 12.3. The third-order valence-corrected chi connectivity index (χ3v) is 3.13. The molecule has 1 heterocycles. The summed E-state index contributed by atoms with van der Waals surface area (Å²) < 4.78 is 2.10. The summed E-state index contributed by atoms with van der Waals surface area (Å²) in [6.07, 6.45) is 0.372. The number of carbonyl (C=O) groups is 1. The predicted molar refractivity (Wildman–Crippen MR) is 64.8 cm³/mol. The van der Waals surface area contributed by atoms with Crippen LogP contribution in [0.15, 0.2) is 0 Å². The van der Waals surface area contributed by atoms with Gasteiger partial charge in [-0.05, 0) is 12.8 Å². The van der Waals surface area contributed by atoms with Crippen LogP contribution in [0.25, 0.3) is 0 Å². The molecule has 1 saturated heterocycles. The Balaban J connectivity index is 2.71. The van der Waals surface area contributed by atoms with Crippen LogP contribution in [0.5, 0.6) is 0 Å². The van der Waals surface area contributed by atoms with Crippen molar-refractivity contribution in [2.75, 3.05) is 19.6 Å². The zero-order chi connectivity index (χ0) is 11.3. The van der Waals surface area contributed by atoms with Crippen molar-refractivity contribution < 1.29 is 4.79 Å². The van der Waals surface area contributed by atoms with Crippen LogP contribution in [-0.2, 0) is 4.79 Å². The summed E-state index contributed by atoms with van der Waals surface area (Å²) in [6, 6.07) is 2.09. The molecular weight excluding hydrogens is 305 g/mol. The third-order valence-electron chi connectivity index (χ3n) is 2.25. The minimum atomic E-state index is -0.165. The highest BCUT2D eigenvalue weighted by Gasteiger charge is 2.28. The Morgan fingerprint density at radius 1 is 1.60 bits per heavy atom. The van der Waals surface area contributed by atoms with Gasteiger partial charge < -0.3 is 4.90 Å². The van der Waals surface area contributed by atoms with E-state index in [1.165, 1.54) is 0 Å². The van der Waals surface area contributed by atoms with E-state index in [-0.39, 0.29) is 11.9 Å². The largest absolute Gasteiger partial charge is 0.325 e. The fourth-order valence-electron chi connectivity index (χ4n) is 1.54. The Morgan fingerprint density at radius 3 is 2.93 bits per heavy atom. The van der Waals surface area contributed by atoms with Crippen molar-refractivity contribution in [3.8, 4) is 17.9 Å². The minimum absolute atomic E-state index is 0.0194. The second kappa shape index (κ2) is 5.94. The molecule has 0 radical (unpaired) electrons. The maximum absolute atomic E-state index is 11.6. The summed E-state index contributed by atoms with van der Waals surface area (Å²) in [7, 11) is 0. The van der Waals surface area contributed by atoms with Gasteiger partial charge >= 0.3 is 0 Å². The maximum Gasteiger partial charge on any atom is 0.298 e. The lowest BCUT2D eigenvalue weighted by molar-refractivity contribution is -0.128. The van der Waals surface area contributed by atoms with E-state index in [4.69, 9.17) is 5.26 Å². The van der Waals surface area contributed by atoms with Gasteiger partial charge in [-0.3, -0.25) is 4.79 Å². The molecule has 1 atom stereocenters. The number of hydrogen-bond acceptors (Lipinski definition) is 3. The van der Waals surface area contributed by atoms with Crippen LogP contribution in [0.2, 0.25) is 0 Å². The van der Waals surface area contributed by atoms with E-state index < -0.39 is 0 Å². The molecule has 0 aromatic carbocycles. The molecule has 0 spiro atoms. The molecule has 0 N–H and O–H groups in total. The van der Waals surface area contributed by atoms with Crippen molar-refractivity contribution in [3.05, 3.63) is 0 Å². The molecule has 1 rings (SSSR count). The number of rotatable bonds is 1. The molecule has 1 unspecified atom stereocenters. The first-order valence-electron chi connectivity index (χ1n) is 4.70. The van der Waals surface area contributed by atoms with E-state index >= 15 is 0 Å². The van der Waals surface area contributed by atoms with E-state index in [0.717, 1.165) is 13.1 Å². The highest BCUT2D eigenvalue weighted by Crippen LogP contribution is 2.15. The zero-order valence-electron chi connectivity index (χ0n) is 8.53. The Morgan fingerprint density at radius 2 is 2.33 bits per heavy atom. The highest BCUT2D eigenvalue weighted by molar-refractivity contribution is 14.1. The molecule has 1 aliphatic rings. The Hall–Kier alpha value is -0.790. The molecule has 0 saturated carbocycles. The van der Waals surface area contributed by atoms with Crippen LogP contribution in [0.1, 0.15) is 13.3 Å². The molecular formula is C10H12IN3O. The lowest BCUT2D eigenvalue weighted by Gasteiger charge is -2.36. The van der Waals surface area contributed by atoms with Crippen molar-refractivity contribution in [2.24, 2.45) is 0 Å². The van der Waals surface area contributed by atoms with Crippen LogP contribution in [0.3, 0.4) is 0 Å². The number of piperazine rings is 1. The first-order chi connectivity index (χ1) is 7.19. The van der Waals surface area contributed by atoms with Gasteiger partial charge in [0.1, 0.15) is 0 Å². The summed E-state index contributed by atoms with van der Waals surface area (Å²) in [5.74, 6) is 4.96. The van der Waals surface area contributed by atoms with Crippen molar-refractivity contribution in [1.29, 1.82) is 5.26 Å². The average Bonchev–Trinajstić information content (AvgIpc) is 2.18. The Kier molecular flexibility index (Phi) is 4.86. The Bertz CT molecular complexity index is 339. The van der Waals surface area contributed by atoms with Gasteiger partial charge in [0, 0.05) is 42.5 Å². The van der Waals surface area contributed by atoms with E-state index in [1.54, 1.807) is 11.8 Å². The molecule has 0 aromatic heterocycles. The number of carbonyl (C=O) groups excluding carboxylic acids is 1.